The van der Waals surface area contributed by atoms with E-state index in [-0.39, 0.29) is 17.6 Å². The molecule has 1 aliphatic carbocycles. The van der Waals surface area contributed by atoms with Gasteiger partial charge in [0, 0.05) is 37.5 Å². The number of hydrogen-bond donors (Lipinski definition) is 1. The first-order valence-corrected chi connectivity index (χ1v) is 10.4. The summed E-state index contributed by atoms with van der Waals surface area (Å²) in [5.74, 6) is -0.595. The Morgan fingerprint density at radius 3 is 2.39 bits per heavy atom. The molecule has 0 bridgehead atoms. The van der Waals surface area contributed by atoms with Crippen molar-refractivity contribution in [3.05, 3.63) is 82.4 Å². The predicted molar refractivity (Wildman–Crippen MR) is 116 cm³/mol. The van der Waals surface area contributed by atoms with Gasteiger partial charge in [0.25, 0.3) is 11.8 Å². The minimum absolute atomic E-state index is 0.0615. The molecule has 0 radical (unpaired) electrons. The van der Waals surface area contributed by atoms with Gasteiger partial charge in [0.2, 0.25) is 0 Å². The van der Waals surface area contributed by atoms with Crippen LogP contribution >= 0.6 is 0 Å². The molecule has 31 heavy (non-hydrogen) atoms. The molecule has 1 aromatic heterocycles. The summed E-state index contributed by atoms with van der Waals surface area (Å²) in [7, 11) is 3.42. The molecular weight excluding hydrogens is 395 g/mol. The Labute approximate surface area is 180 Å². The molecule has 1 aliphatic rings. The molecule has 2 aromatic carbocycles. The summed E-state index contributed by atoms with van der Waals surface area (Å²) in [6, 6.07) is 13.3. The second kappa shape index (κ2) is 8.71. The minimum Gasteiger partial charge on any atom is -0.347 e. The SMILES string of the molecule is CN(C)C(=O)c1ccc(CNC(=O)c2nn(-c3ccc(F)cc3)c3c2CCCC3)cc1. The van der Waals surface area contributed by atoms with Crippen LogP contribution in [-0.4, -0.2) is 40.6 Å². The third kappa shape index (κ3) is 4.35. The Morgan fingerprint density at radius 2 is 1.71 bits per heavy atom. The fourth-order valence-corrected chi connectivity index (χ4v) is 3.87. The quantitative estimate of drug-likeness (QED) is 0.687. The molecule has 0 fully saturated rings. The smallest absolute Gasteiger partial charge is 0.272 e. The number of halogens is 1. The molecule has 2 amide bonds. The van der Waals surface area contributed by atoms with Gasteiger partial charge in [0.05, 0.1) is 5.69 Å². The zero-order valence-electron chi connectivity index (χ0n) is 17.7. The van der Waals surface area contributed by atoms with E-state index in [1.165, 1.54) is 17.0 Å². The maximum absolute atomic E-state index is 13.3. The summed E-state index contributed by atoms with van der Waals surface area (Å²) < 4.78 is 15.1. The molecule has 0 saturated heterocycles. The van der Waals surface area contributed by atoms with Crippen LogP contribution in [0.3, 0.4) is 0 Å². The van der Waals surface area contributed by atoms with Crippen LogP contribution < -0.4 is 5.32 Å². The summed E-state index contributed by atoms with van der Waals surface area (Å²) in [5, 5.41) is 7.53. The lowest BCUT2D eigenvalue weighted by Gasteiger charge is -2.14. The lowest BCUT2D eigenvalue weighted by molar-refractivity contribution is 0.0827. The lowest BCUT2D eigenvalue weighted by Crippen LogP contribution is -2.25. The third-order valence-electron chi connectivity index (χ3n) is 5.53. The standard InChI is InChI=1S/C24H25FN4O2/c1-28(2)24(31)17-9-7-16(8-10-17)15-26-23(30)22-20-5-3-4-6-21(20)29(27-22)19-13-11-18(25)12-14-19/h7-14H,3-6,15H2,1-2H3,(H,26,30). The van der Waals surface area contributed by atoms with Gasteiger partial charge in [-0.3, -0.25) is 9.59 Å². The fourth-order valence-electron chi connectivity index (χ4n) is 3.87. The molecule has 0 unspecified atom stereocenters. The van der Waals surface area contributed by atoms with E-state index in [4.69, 9.17) is 0 Å². The number of carbonyl (C=O) groups is 2. The van der Waals surface area contributed by atoms with E-state index in [0.29, 0.717) is 17.8 Å². The molecule has 1 heterocycles. The van der Waals surface area contributed by atoms with Crippen molar-refractivity contribution in [2.75, 3.05) is 14.1 Å². The molecule has 7 heteroatoms. The van der Waals surface area contributed by atoms with Gasteiger partial charge >= 0.3 is 0 Å². The van der Waals surface area contributed by atoms with Crippen molar-refractivity contribution in [1.29, 1.82) is 0 Å². The normalized spacial score (nSPS) is 12.9. The fraction of sp³-hybridized carbons (Fsp3) is 0.292. The van der Waals surface area contributed by atoms with Crippen molar-refractivity contribution in [2.24, 2.45) is 0 Å². The summed E-state index contributed by atoms with van der Waals surface area (Å²) in [6.45, 7) is 0.341. The van der Waals surface area contributed by atoms with E-state index in [0.717, 1.165) is 48.2 Å². The van der Waals surface area contributed by atoms with Crippen LogP contribution in [0.1, 0.15) is 50.5 Å². The number of aromatic nitrogens is 2. The average molecular weight is 420 g/mol. The Bertz CT molecular complexity index is 1100. The van der Waals surface area contributed by atoms with Crippen LogP contribution in [0.25, 0.3) is 5.69 Å². The van der Waals surface area contributed by atoms with Crippen LogP contribution in [0.5, 0.6) is 0 Å². The zero-order chi connectivity index (χ0) is 22.0. The molecule has 0 aliphatic heterocycles. The maximum Gasteiger partial charge on any atom is 0.272 e. The molecule has 160 valence electrons. The monoisotopic (exact) mass is 420 g/mol. The van der Waals surface area contributed by atoms with Gasteiger partial charge in [-0.2, -0.15) is 5.10 Å². The van der Waals surface area contributed by atoms with E-state index < -0.39 is 0 Å². The molecule has 3 aromatic rings. The predicted octanol–water partition coefficient (Wildman–Crippen LogP) is 3.52. The number of hydrogen-bond acceptors (Lipinski definition) is 3. The van der Waals surface area contributed by atoms with Crippen molar-refractivity contribution in [1.82, 2.24) is 20.0 Å². The number of benzene rings is 2. The first-order valence-electron chi connectivity index (χ1n) is 10.4. The molecule has 4 rings (SSSR count). The molecular formula is C24H25FN4O2. The van der Waals surface area contributed by atoms with Crippen LogP contribution in [0.2, 0.25) is 0 Å². The second-order valence-electron chi connectivity index (χ2n) is 7.95. The summed E-state index contributed by atoms with van der Waals surface area (Å²) >= 11 is 0. The van der Waals surface area contributed by atoms with Gasteiger partial charge in [-0.05, 0) is 67.6 Å². The van der Waals surface area contributed by atoms with Gasteiger partial charge < -0.3 is 10.2 Å². The molecule has 6 nitrogen and oxygen atoms in total. The second-order valence-corrected chi connectivity index (χ2v) is 7.95. The van der Waals surface area contributed by atoms with Gasteiger partial charge in [-0.1, -0.05) is 12.1 Å². The van der Waals surface area contributed by atoms with E-state index >= 15 is 0 Å². The zero-order valence-corrected chi connectivity index (χ0v) is 17.7. The Hall–Kier alpha value is -3.48. The maximum atomic E-state index is 13.3. The Balaban J connectivity index is 1.52. The topological polar surface area (TPSA) is 67.2 Å². The Morgan fingerprint density at radius 1 is 1.03 bits per heavy atom. The van der Waals surface area contributed by atoms with E-state index in [2.05, 4.69) is 10.4 Å². The van der Waals surface area contributed by atoms with Crippen molar-refractivity contribution < 1.29 is 14.0 Å². The van der Waals surface area contributed by atoms with Crippen molar-refractivity contribution in [3.8, 4) is 5.69 Å². The molecule has 1 N–H and O–H groups in total. The highest BCUT2D eigenvalue weighted by Gasteiger charge is 2.25. The molecule has 0 spiro atoms. The first kappa shape index (κ1) is 20.8. The largest absolute Gasteiger partial charge is 0.347 e. The van der Waals surface area contributed by atoms with Gasteiger partial charge in [0.15, 0.2) is 5.69 Å². The number of nitrogens with one attached hydrogen (secondary N) is 1. The molecule has 0 atom stereocenters. The van der Waals surface area contributed by atoms with Crippen molar-refractivity contribution in [3.63, 3.8) is 0 Å². The third-order valence-corrected chi connectivity index (χ3v) is 5.53. The number of nitrogens with zero attached hydrogens (tertiary/aromatic N) is 3. The highest BCUT2D eigenvalue weighted by atomic mass is 19.1. The van der Waals surface area contributed by atoms with Crippen LogP contribution in [0.15, 0.2) is 48.5 Å². The number of amides is 2. The highest BCUT2D eigenvalue weighted by Crippen LogP contribution is 2.27. The number of fused-ring (bicyclic) bond motifs is 1. The number of rotatable bonds is 5. The van der Waals surface area contributed by atoms with Crippen molar-refractivity contribution >= 4 is 11.8 Å². The summed E-state index contributed by atoms with van der Waals surface area (Å²) in [5.41, 5.74) is 4.68. The van der Waals surface area contributed by atoms with Gasteiger partial charge in [0.1, 0.15) is 5.82 Å². The summed E-state index contributed by atoms with van der Waals surface area (Å²) in [4.78, 5) is 26.5. The van der Waals surface area contributed by atoms with Crippen LogP contribution in [0.4, 0.5) is 4.39 Å². The Kier molecular flexibility index (Phi) is 5.84. The van der Waals surface area contributed by atoms with Crippen molar-refractivity contribution in [2.45, 2.75) is 32.2 Å². The first-order chi connectivity index (χ1) is 14.9. The lowest BCUT2D eigenvalue weighted by atomic mass is 9.95. The van der Waals surface area contributed by atoms with Gasteiger partial charge in [-0.25, -0.2) is 9.07 Å². The highest BCUT2D eigenvalue weighted by molar-refractivity contribution is 5.94. The minimum atomic E-state index is -0.305. The van der Waals surface area contributed by atoms with E-state index in [1.54, 1.807) is 43.0 Å². The number of carbonyl (C=O) groups excluding carboxylic acids is 2. The summed E-state index contributed by atoms with van der Waals surface area (Å²) in [6.07, 6.45) is 3.71. The van der Waals surface area contributed by atoms with Crippen LogP contribution in [-0.2, 0) is 19.4 Å². The van der Waals surface area contributed by atoms with Gasteiger partial charge in [-0.15, -0.1) is 0 Å². The van der Waals surface area contributed by atoms with E-state index in [1.807, 2.05) is 12.1 Å². The molecule has 0 saturated carbocycles. The van der Waals surface area contributed by atoms with E-state index in [9.17, 15) is 14.0 Å². The average Bonchev–Trinajstić information content (AvgIpc) is 3.17. The van der Waals surface area contributed by atoms with Crippen LogP contribution in [0, 0.1) is 5.82 Å².